The predicted molar refractivity (Wildman–Crippen MR) is 78.2 cm³/mol. The summed E-state index contributed by atoms with van der Waals surface area (Å²) in [6.07, 6.45) is 3.14. The summed E-state index contributed by atoms with van der Waals surface area (Å²) in [5.74, 6) is -0.458. The van der Waals surface area contributed by atoms with Crippen LogP contribution < -0.4 is 5.32 Å². The van der Waals surface area contributed by atoms with E-state index in [9.17, 15) is 19.6 Å². The van der Waals surface area contributed by atoms with Gasteiger partial charge in [-0.1, -0.05) is 0 Å². The van der Waals surface area contributed by atoms with Gasteiger partial charge in [0.25, 0.3) is 0 Å². The Bertz CT molecular complexity index is 386. The van der Waals surface area contributed by atoms with Gasteiger partial charge >= 0.3 is 7.12 Å². The summed E-state index contributed by atoms with van der Waals surface area (Å²) < 4.78 is 0. The molecule has 2 amide bonds. The van der Waals surface area contributed by atoms with Crippen molar-refractivity contribution >= 4 is 18.9 Å². The standard InChI is InChI=1S/C13H24BN3O4/c1-10(18)16-7-4-11(5-8-16)15-9-13(19)17-6-2-3-12(17)14(20)21/h11-12,15,20-21H,2-9H2,1H3/t12-/m0/s1. The molecule has 2 fully saturated rings. The molecule has 1 atom stereocenters. The van der Waals surface area contributed by atoms with Gasteiger partial charge in [-0.15, -0.1) is 0 Å². The number of nitrogens with zero attached hydrogens (tertiary/aromatic N) is 2. The third kappa shape index (κ3) is 4.18. The van der Waals surface area contributed by atoms with Gasteiger partial charge in [0, 0.05) is 32.6 Å². The van der Waals surface area contributed by atoms with Crippen LogP contribution in [0.5, 0.6) is 0 Å². The molecule has 7 nitrogen and oxygen atoms in total. The second-order valence-corrected chi connectivity index (χ2v) is 5.87. The first-order valence-corrected chi connectivity index (χ1v) is 7.63. The highest BCUT2D eigenvalue weighted by atomic mass is 16.4. The molecule has 0 aromatic rings. The zero-order chi connectivity index (χ0) is 15.4. The van der Waals surface area contributed by atoms with E-state index < -0.39 is 13.1 Å². The fourth-order valence-corrected chi connectivity index (χ4v) is 3.14. The lowest BCUT2D eigenvalue weighted by atomic mass is 9.78. The highest BCUT2D eigenvalue weighted by molar-refractivity contribution is 6.43. The van der Waals surface area contributed by atoms with Crippen molar-refractivity contribution in [3.8, 4) is 0 Å². The summed E-state index contributed by atoms with van der Waals surface area (Å²) in [6, 6.07) is 0.240. The molecule has 21 heavy (non-hydrogen) atoms. The Morgan fingerprint density at radius 3 is 2.43 bits per heavy atom. The monoisotopic (exact) mass is 297 g/mol. The van der Waals surface area contributed by atoms with E-state index in [2.05, 4.69) is 5.32 Å². The molecule has 118 valence electrons. The molecule has 0 saturated carbocycles. The summed E-state index contributed by atoms with van der Waals surface area (Å²) in [4.78, 5) is 26.8. The Labute approximate surface area is 125 Å². The lowest BCUT2D eigenvalue weighted by Crippen LogP contribution is -2.51. The lowest BCUT2D eigenvalue weighted by molar-refractivity contribution is -0.132. The number of nitrogens with one attached hydrogen (secondary N) is 1. The van der Waals surface area contributed by atoms with E-state index in [0.717, 1.165) is 32.4 Å². The van der Waals surface area contributed by atoms with Crippen molar-refractivity contribution in [2.45, 2.75) is 44.6 Å². The number of piperidine rings is 1. The van der Waals surface area contributed by atoms with Gasteiger partial charge < -0.3 is 25.2 Å². The largest absolute Gasteiger partial charge is 0.475 e. The Balaban J connectivity index is 1.73. The minimum absolute atomic E-state index is 0.0837. The maximum absolute atomic E-state index is 12.2. The second kappa shape index (κ2) is 7.24. The molecule has 2 heterocycles. The van der Waals surface area contributed by atoms with Crippen molar-refractivity contribution in [1.82, 2.24) is 15.1 Å². The summed E-state index contributed by atoms with van der Waals surface area (Å²) in [5.41, 5.74) is 0. The third-order valence-electron chi connectivity index (χ3n) is 4.45. The van der Waals surface area contributed by atoms with Gasteiger partial charge in [0.2, 0.25) is 11.8 Å². The van der Waals surface area contributed by atoms with Crippen molar-refractivity contribution in [2.24, 2.45) is 0 Å². The highest BCUT2D eigenvalue weighted by Crippen LogP contribution is 2.18. The normalized spacial score (nSPS) is 23.5. The number of carbonyl (C=O) groups excluding carboxylic acids is 2. The van der Waals surface area contributed by atoms with Gasteiger partial charge in [0.05, 0.1) is 12.5 Å². The lowest BCUT2D eigenvalue weighted by Gasteiger charge is -2.32. The zero-order valence-electron chi connectivity index (χ0n) is 12.5. The van der Waals surface area contributed by atoms with E-state index in [-0.39, 0.29) is 24.4 Å². The molecule has 0 aromatic heterocycles. The van der Waals surface area contributed by atoms with Crippen LogP contribution >= 0.6 is 0 Å². The highest BCUT2D eigenvalue weighted by Gasteiger charge is 2.36. The predicted octanol–water partition coefficient (Wildman–Crippen LogP) is -1.41. The first-order chi connectivity index (χ1) is 9.99. The molecule has 2 aliphatic heterocycles. The summed E-state index contributed by atoms with van der Waals surface area (Å²) >= 11 is 0. The molecule has 0 unspecified atom stereocenters. The Hall–Kier alpha value is -1.12. The molecule has 2 aliphatic rings. The first kappa shape index (κ1) is 16.3. The van der Waals surface area contributed by atoms with E-state index in [1.807, 2.05) is 4.90 Å². The molecular weight excluding hydrogens is 273 g/mol. The van der Waals surface area contributed by atoms with E-state index in [1.54, 1.807) is 11.8 Å². The number of amides is 2. The fourth-order valence-electron chi connectivity index (χ4n) is 3.14. The topological polar surface area (TPSA) is 93.1 Å². The molecule has 0 aliphatic carbocycles. The van der Waals surface area contributed by atoms with Gasteiger partial charge in [-0.05, 0) is 25.7 Å². The van der Waals surface area contributed by atoms with Crippen LogP contribution in [0.1, 0.15) is 32.6 Å². The molecule has 0 bridgehead atoms. The van der Waals surface area contributed by atoms with E-state index in [1.165, 1.54) is 0 Å². The van der Waals surface area contributed by atoms with Crippen LogP contribution in [-0.4, -0.2) is 76.9 Å². The van der Waals surface area contributed by atoms with Crippen LogP contribution in [0.15, 0.2) is 0 Å². The number of rotatable bonds is 4. The van der Waals surface area contributed by atoms with Gasteiger partial charge in [0.15, 0.2) is 0 Å². The molecule has 3 N–H and O–H groups in total. The molecule has 2 rings (SSSR count). The maximum atomic E-state index is 12.2. The van der Waals surface area contributed by atoms with E-state index >= 15 is 0 Å². The van der Waals surface area contributed by atoms with Crippen LogP contribution in [0.25, 0.3) is 0 Å². The van der Waals surface area contributed by atoms with Crippen LogP contribution in [0.2, 0.25) is 0 Å². The van der Waals surface area contributed by atoms with Crippen molar-refractivity contribution in [3.63, 3.8) is 0 Å². The van der Waals surface area contributed by atoms with Gasteiger partial charge in [-0.25, -0.2) is 0 Å². The Kier molecular flexibility index (Phi) is 5.61. The van der Waals surface area contributed by atoms with Crippen molar-refractivity contribution in [3.05, 3.63) is 0 Å². The fraction of sp³-hybridized carbons (Fsp3) is 0.846. The van der Waals surface area contributed by atoms with Gasteiger partial charge in [-0.3, -0.25) is 9.59 Å². The molecule has 0 aromatic carbocycles. The van der Waals surface area contributed by atoms with Crippen molar-refractivity contribution in [2.75, 3.05) is 26.2 Å². The van der Waals surface area contributed by atoms with Crippen LogP contribution in [-0.2, 0) is 9.59 Å². The summed E-state index contributed by atoms with van der Waals surface area (Å²) in [6.45, 7) is 3.83. The minimum Gasteiger partial charge on any atom is -0.426 e. The van der Waals surface area contributed by atoms with Gasteiger partial charge in [-0.2, -0.15) is 0 Å². The number of hydrogen-bond acceptors (Lipinski definition) is 5. The average Bonchev–Trinajstić information content (AvgIpc) is 2.95. The average molecular weight is 297 g/mol. The smallest absolute Gasteiger partial charge is 0.426 e. The first-order valence-electron chi connectivity index (χ1n) is 7.63. The molecule has 8 heteroatoms. The second-order valence-electron chi connectivity index (χ2n) is 5.87. The van der Waals surface area contributed by atoms with E-state index in [4.69, 9.17) is 0 Å². The third-order valence-corrected chi connectivity index (χ3v) is 4.45. The SMILES string of the molecule is CC(=O)N1CCC(NCC(=O)N2CCC[C@H]2B(O)O)CC1. The minimum atomic E-state index is -1.46. The number of carbonyl (C=O) groups is 2. The van der Waals surface area contributed by atoms with Crippen LogP contribution in [0.4, 0.5) is 0 Å². The molecule has 0 radical (unpaired) electrons. The summed E-state index contributed by atoms with van der Waals surface area (Å²) in [7, 11) is -1.46. The quantitative estimate of drug-likeness (QED) is 0.554. The Morgan fingerprint density at radius 2 is 1.86 bits per heavy atom. The number of likely N-dealkylation sites (tertiary alicyclic amines) is 2. The molecule has 2 saturated heterocycles. The number of hydrogen-bond donors (Lipinski definition) is 3. The zero-order valence-corrected chi connectivity index (χ0v) is 12.5. The molecular formula is C13H24BN3O4. The van der Waals surface area contributed by atoms with Crippen LogP contribution in [0, 0.1) is 0 Å². The van der Waals surface area contributed by atoms with Crippen molar-refractivity contribution in [1.29, 1.82) is 0 Å². The van der Waals surface area contributed by atoms with Crippen LogP contribution in [0.3, 0.4) is 0 Å². The summed E-state index contributed by atoms with van der Waals surface area (Å²) in [5, 5.41) is 21.8. The van der Waals surface area contributed by atoms with Crippen molar-refractivity contribution < 1.29 is 19.6 Å². The van der Waals surface area contributed by atoms with Gasteiger partial charge in [0.1, 0.15) is 0 Å². The maximum Gasteiger partial charge on any atom is 0.475 e. The Morgan fingerprint density at radius 1 is 1.19 bits per heavy atom. The van der Waals surface area contributed by atoms with E-state index in [0.29, 0.717) is 13.0 Å². The molecule has 0 spiro atoms.